The summed E-state index contributed by atoms with van der Waals surface area (Å²) in [4.78, 5) is 27.1. The summed E-state index contributed by atoms with van der Waals surface area (Å²) in [5.74, 6) is 2.13. The van der Waals surface area contributed by atoms with Crippen molar-refractivity contribution in [1.82, 2.24) is 9.97 Å². The molecular formula is C15H9I2N3O5. The van der Waals surface area contributed by atoms with Gasteiger partial charge in [0.15, 0.2) is 0 Å². The molecule has 0 unspecified atom stereocenters. The van der Waals surface area contributed by atoms with E-state index in [9.17, 15) is 20.0 Å². The molecule has 1 aromatic heterocycles. The van der Waals surface area contributed by atoms with Crippen LogP contribution in [0.15, 0.2) is 16.9 Å². The molecule has 0 aliphatic rings. The van der Waals surface area contributed by atoms with Crippen LogP contribution in [0.1, 0.15) is 11.4 Å². The van der Waals surface area contributed by atoms with Gasteiger partial charge in [-0.15, -0.1) is 6.42 Å². The molecule has 8 nitrogen and oxygen atoms in total. The van der Waals surface area contributed by atoms with Gasteiger partial charge in [-0.05, 0) is 69.0 Å². The molecular weight excluding hydrogens is 556 g/mol. The first kappa shape index (κ1) is 19.2. The Morgan fingerprint density at radius 1 is 1.40 bits per heavy atom. The molecule has 1 heterocycles. The molecule has 2 rings (SSSR count). The van der Waals surface area contributed by atoms with Crippen molar-refractivity contribution in [2.45, 2.75) is 0 Å². The Labute approximate surface area is 168 Å². The number of hydrogen-bond donors (Lipinski definition) is 2. The van der Waals surface area contributed by atoms with E-state index in [4.69, 9.17) is 11.2 Å². The summed E-state index contributed by atoms with van der Waals surface area (Å²) < 4.78 is 7.15. The summed E-state index contributed by atoms with van der Waals surface area (Å²) in [5, 5.41) is 20.2. The second kappa shape index (κ2) is 8.30. The lowest BCUT2D eigenvalue weighted by Crippen LogP contribution is -2.14. The summed E-state index contributed by atoms with van der Waals surface area (Å²) >= 11 is 4.21. The fourth-order valence-electron chi connectivity index (χ4n) is 1.82. The van der Waals surface area contributed by atoms with Crippen molar-refractivity contribution in [3.05, 3.63) is 51.1 Å². The Morgan fingerprint density at radius 2 is 2.04 bits per heavy atom. The highest BCUT2D eigenvalue weighted by Crippen LogP contribution is 2.29. The Balaban J connectivity index is 2.33. The van der Waals surface area contributed by atoms with Crippen LogP contribution in [-0.4, -0.2) is 26.6 Å². The van der Waals surface area contributed by atoms with Crippen LogP contribution in [0.25, 0.3) is 12.2 Å². The number of aromatic amines is 1. The molecule has 0 saturated heterocycles. The van der Waals surface area contributed by atoms with Crippen LogP contribution in [0.3, 0.4) is 0 Å². The Morgan fingerprint density at radius 3 is 2.56 bits per heavy atom. The Kier molecular flexibility index (Phi) is 6.37. The number of aromatic hydroxyl groups is 1. The number of hydrogen-bond acceptors (Lipinski definition) is 6. The number of terminal acetylenes is 1. The highest BCUT2D eigenvalue weighted by molar-refractivity contribution is 14.1. The molecule has 0 fully saturated rings. The van der Waals surface area contributed by atoms with Gasteiger partial charge in [-0.1, -0.05) is 12.0 Å². The first-order valence-corrected chi connectivity index (χ1v) is 8.70. The monoisotopic (exact) mass is 565 g/mol. The third-order valence-corrected chi connectivity index (χ3v) is 4.43. The summed E-state index contributed by atoms with van der Waals surface area (Å²) in [6.45, 7) is 0.161. The quantitative estimate of drug-likeness (QED) is 0.249. The first-order chi connectivity index (χ1) is 11.8. The third kappa shape index (κ3) is 4.69. The average Bonchev–Trinajstić information content (AvgIpc) is 2.51. The van der Waals surface area contributed by atoms with Crippen LogP contribution in [0.5, 0.6) is 11.6 Å². The molecule has 2 aromatic rings. The standard InChI is InChI=1S/C15H9I2N3O5/c1-2-5-25-13-9(16)6-8(7-10(13)17)3-4-11-18-14(21)12(20(23)24)15(22)19-11/h1,3-4,6-7H,5H2,(H2,18,19,21,22)/b4-3+. The number of nitro groups is 1. The van der Waals surface area contributed by atoms with E-state index in [1.807, 2.05) is 12.1 Å². The minimum atomic E-state index is -1.03. The van der Waals surface area contributed by atoms with E-state index < -0.39 is 22.0 Å². The summed E-state index contributed by atoms with van der Waals surface area (Å²) in [5.41, 5.74) is -1.24. The molecule has 0 radical (unpaired) electrons. The van der Waals surface area contributed by atoms with Gasteiger partial charge in [0, 0.05) is 0 Å². The van der Waals surface area contributed by atoms with Crippen LogP contribution >= 0.6 is 45.2 Å². The van der Waals surface area contributed by atoms with Crippen LogP contribution in [0, 0.1) is 29.6 Å². The van der Waals surface area contributed by atoms with E-state index in [1.54, 1.807) is 6.08 Å². The van der Waals surface area contributed by atoms with Gasteiger partial charge < -0.3 is 14.8 Å². The smallest absolute Gasteiger partial charge is 0.395 e. The van der Waals surface area contributed by atoms with Gasteiger partial charge >= 0.3 is 11.2 Å². The molecule has 0 saturated carbocycles. The van der Waals surface area contributed by atoms with Gasteiger partial charge in [0.1, 0.15) is 18.2 Å². The zero-order valence-electron chi connectivity index (χ0n) is 12.3. The van der Waals surface area contributed by atoms with E-state index in [0.29, 0.717) is 5.75 Å². The lowest BCUT2D eigenvalue weighted by Gasteiger charge is -2.09. The fraction of sp³-hybridized carbons (Fsp3) is 0.0667. The van der Waals surface area contributed by atoms with Crippen molar-refractivity contribution in [3.8, 4) is 24.0 Å². The van der Waals surface area contributed by atoms with E-state index in [1.165, 1.54) is 6.08 Å². The predicted molar refractivity (Wildman–Crippen MR) is 108 cm³/mol. The SMILES string of the molecule is C#CCOc1c(I)cc(/C=C/c2nc(O)c([N+](=O)[O-])c(=O)[nH]2)cc1I. The third-order valence-electron chi connectivity index (χ3n) is 2.83. The van der Waals surface area contributed by atoms with Crippen molar-refractivity contribution >= 4 is 63.0 Å². The number of nitrogens with one attached hydrogen (secondary N) is 1. The second-order valence-electron chi connectivity index (χ2n) is 4.52. The number of benzene rings is 1. The van der Waals surface area contributed by atoms with Crippen molar-refractivity contribution in [2.24, 2.45) is 0 Å². The molecule has 0 amide bonds. The molecule has 2 N–H and O–H groups in total. The Hall–Kier alpha value is -2.14. The molecule has 1 aromatic carbocycles. The van der Waals surface area contributed by atoms with Gasteiger partial charge in [0.2, 0.25) is 0 Å². The van der Waals surface area contributed by atoms with E-state index in [0.717, 1.165) is 12.7 Å². The lowest BCUT2D eigenvalue weighted by atomic mass is 10.2. The van der Waals surface area contributed by atoms with E-state index >= 15 is 0 Å². The van der Waals surface area contributed by atoms with Gasteiger partial charge in [0.25, 0.3) is 5.88 Å². The summed E-state index contributed by atoms with van der Waals surface area (Å²) in [6.07, 6.45) is 8.25. The summed E-state index contributed by atoms with van der Waals surface area (Å²) in [7, 11) is 0. The topological polar surface area (TPSA) is 118 Å². The number of aromatic nitrogens is 2. The predicted octanol–water partition coefficient (Wildman–Crippen LogP) is 2.78. The highest BCUT2D eigenvalue weighted by Gasteiger charge is 2.21. The number of halogens is 2. The number of rotatable bonds is 5. The molecule has 0 aliphatic heterocycles. The second-order valence-corrected chi connectivity index (χ2v) is 6.84. The van der Waals surface area contributed by atoms with Gasteiger partial charge in [-0.2, -0.15) is 4.98 Å². The number of ether oxygens (including phenoxy) is 1. The normalized spacial score (nSPS) is 10.6. The molecule has 0 spiro atoms. The van der Waals surface area contributed by atoms with Gasteiger partial charge in [-0.3, -0.25) is 14.9 Å². The lowest BCUT2D eigenvalue weighted by molar-refractivity contribution is -0.387. The maximum atomic E-state index is 11.6. The average molecular weight is 565 g/mol. The minimum absolute atomic E-state index is 0.00854. The van der Waals surface area contributed by atoms with Gasteiger partial charge in [0.05, 0.1) is 12.1 Å². The van der Waals surface area contributed by atoms with Crippen molar-refractivity contribution in [2.75, 3.05) is 6.61 Å². The molecule has 10 heteroatoms. The largest absolute Gasteiger partial charge is 0.488 e. The van der Waals surface area contributed by atoms with Crippen molar-refractivity contribution < 1.29 is 14.8 Å². The zero-order valence-corrected chi connectivity index (χ0v) is 16.6. The summed E-state index contributed by atoms with van der Waals surface area (Å²) in [6, 6.07) is 3.66. The number of H-pyrrole nitrogens is 1. The fourth-order valence-corrected chi connectivity index (χ4v) is 3.95. The van der Waals surface area contributed by atoms with Gasteiger partial charge in [-0.25, -0.2) is 0 Å². The van der Waals surface area contributed by atoms with Crippen LogP contribution in [0.4, 0.5) is 5.69 Å². The first-order valence-electron chi connectivity index (χ1n) is 6.54. The van der Waals surface area contributed by atoms with Crippen LogP contribution in [-0.2, 0) is 0 Å². The number of nitrogens with zero attached hydrogens (tertiary/aromatic N) is 2. The van der Waals surface area contributed by atoms with Crippen LogP contribution < -0.4 is 10.3 Å². The molecule has 0 aliphatic carbocycles. The van der Waals surface area contributed by atoms with E-state index in [-0.39, 0.29) is 12.4 Å². The molecule has 128 valence electrons. The maximum absolute atomic E-state index is 11.6. The molecule has 25 heavy (non-hydrogen) atoms. The van der Waals surface area contributed by atoms with E-state index in [2.05, 4.69) is 61.1 Å². The maximum Gasteiger partial charge on any atom is 0.395 e. The molecule has 0 bridgehead atoms. The minimum Gasteiger partial charge on any atom is -0.488 e. The van der Waals surface area contributed by atoms with Crippen molar-refractivity contribution in [1.29, 1.82) is 0 Å². The highest BCUT2D eigenvalue weighted by atomic mass is 127. The zero-order chi connectivity index (χ0) is 18.6. The molecule has 0 atom stereocenters. The Bertz CT molecular complexity index is 940. The van der Waals surface area contributed by atoms with Crippen LogP contribution in [0.2, 0.25) is 0 Å². The van der Waals surface area contributed by atoms with Crippen molar-refractivity contribution in [3.63, 3.8) is 0 Å².